The lowest BCUT2D eigenvalue weighted by molar-refractivity contribution is 0.104. The summed E-state index contributed by atoms with van der Waals surface area (Å²) in [6.07, 6.45) is 0. The second-order valence-electron chi connectivity index (χ2n) is 3.69. The van der Waals surface area contributed by atoms with Crippen molar-refractivity contribution < 1.29 is 4.79 Å². The zero-order valence-corrected chi connectivity index (χ0v) is 12.4. The molecule has 18 heavy (non-hydrogen) atoms. The first-order chi connectivity index (χ1) is 8.70. The molecule has 2 aromatic carbocycles. The molecule has 0 spiro atoms. The SMILES string of the molecule is O=C(C(I)=C(Cl)c1ccccc1)c1ccccc1. The molecular weight excluding hydrogens is 359 g/mol. The van der Waals surface area contributed by atoms with Gasteiger partial charge in [0, 0.05) is 5.56 Å². The number of Topliss-reactive ketones (excluding diaryl/α,β-unsaturated/α-hetero) is 1. The van der Waals surface area contributed by atoms with Crippen molar-refractivity contribution >= 4 is 45.0 Å². The molecular formula is C15H10ClIO. The predicted octanol–water partition coefficient (Wildman–Crippen LogP) is 4.91. The topological polar surface area (TPSA) is 17.1 Å². The van der Waals surface area contributed by atoms with Crippen LogP contribution in [0.4, 0.5) is 0 Å². The number of carbonyl (C=O) groups excluding carboxylic acids is 1. The highest BCUT2D eigenvalue weighted by molar-refractivity contribution is 14.1. The lowest BCUT2D eigenvalue weighted by Crippen LogP contribution is -1.99. The van der Waals surface area contributed by atoms with Gasteiger partial charge in [-0.25, -0.2) is 0 Å². The Bertz CT molecular complexity index is 576. The van der Waals surface area contributed by atoms with Gasteiger partial charge in [-0.15, -0.1) is 0 Å². The Morgan fingerprint density at radius 1 is 0.833 bits per heavy atom. The maximum Gasteiger partial charge on any atom is 0.200 e. The van der Waals surface area contributed by atoms with Crippen LogP contribution in [0.2, 0.25) is 0 Å². The van der Waals surface area contributed by atoms with E-state index in [4.69, 9.17) is 11.6 Å². The quantitative estimate of drug-likeness (QED) is 0.427. The van der Waals surface area contributed by atoms with E-state index in [2.05, 4.69) is 0 Å². The molecule has 1 nitrogen and oxygen atoms in total. The van der Waals surface area contributed by atoms with Crippen molar-refractivity contribution in [1.29, 1.82) is 0 Å². The van der Waals surface area contributed by atoms with E-state index in [0.717, 1.165) is 5.56 Å². The first kappa shape index (κ1) is 13.3. The Morgan fingerprint density at radius 3 is 1.78 bits per heavy atom. The molecule has 2 aromatic rings. The molecule has 0 saturated heterocycles. The van der Waals surface area contributed by atoms with Gasteiger partial charge in [0.2, 0.25) is 5.78 Å². The number of hydrogen-bond donors (Lipinski definition) is 0. The lowest BCUT2D eigenvalue weighted by atomic mass is 10.1. The summed E-state index contributed by atoms with van der Waals surface area (Å²) in [5, 5.41) is 0.491. The first-order valence-electron chi connectivity index (χ1n) is 5.40. The van der Waals surface area contributed by atoms with Crippen LogP contribution >= 0.6 is 34.2 Å². The summed E-state index contributed by atoms with van der Waals surface area (Å²) in [6, 6.07) is 18.6. The molecule has 0 aliphatic heterocycles. The van der Waals surface area contributed by atoms with Crippen molar-refractivity contribution in [3.63, 3.8) is 0 Å². The fourth-order valence-corrected chi connectivity index (χ4v) is 2.36. The molecule has 0 heterocycles. The number of ketones is 1. The van der Waals surface area contributed by atoms with Crippen molar-refractivity contribution in [2.24, 2.45) is 0 Å². The molecule has 0 amide bonds. The molecule has 0 aromatic heterocycles. The summed E-state index contributed by atoms with van der Waals surface area (Å²) >= 11 is 8.25. The van der Waals surface area contributed by atoms with E-state index in [1.54, 1.807) is 12.1 Å². The largest absolute Gasteiger partial charge is 0.288 e. The van der Waals surface area contributed by atoms with Crippen molar-refractivity contribution in [3.8, 4) is 0 Å². The fraction of sp³-hybridized carbons (Fsp3) is 0. The Kier molecular flexibility index (Phi) is 4.55. The third-order valence-electron chi connectivity index (χ3n) is 2.46. The van der Waals surface area contributed by atoms with E-state index < -0.39 is 0 Å². The van der Waals surface area contributed by atoms with Gasteiger partial charge in [0.25, 0.3) is 0 Å². The highest BCUT2D eigenvalue weighted by Crippen LogP contribution is 2.29. The number of carbonyl (C=O) groups is 1. The minimum absolute atomic E-state index is 0.0509. The molecule has 0 radical (unpaired) electrons. The van der Waals surface area contributed by atoms with Crippen LogP contribution in [0.5, 0.6) is 0 Å². The number of rotatable bonds is 3. The molecule has 90 valence electrons. The van der Waals surface area contributed by atoms with Crippen LogP contribution in [0, 0.1) is 0 Å². The number of benzene rings is 2. The van der Waals surface area contributed by atoms with Crippen LogP contribution in [0.3, 0.4) is 0 Å². The van der Waals surface area contributed by atoms with Crippen molar-refractivity contribution in [3.05, 3.63) is 75.4 Å². The smallest absolute Gasteiger partial charge is 0.200 e. The molecule has 0 fully saturated rings. The number of hydrogen-bond acceptors (Lipinski definition) is 1. The zero-order chi connectivity index (χ0) is 13.0. The minimum atomic E-state index is -0.0509. The average molecular weight is 369 g/mol. The van der Waals surface area contributed by atoms with Gasteiger partial charge in [-0.2, -0.15) is 0 Å². The molecule has 2 rings (SSSR count). The van der Waals surface area contributed by atoms with Crippen LogP contribution in [-0.2, 0) is 0 Å². The van der Waals surface area contributed by atoms with Crippen LogP contribution in [-0.4, -0.2) is 5.78 Å². The zero-order valence-electron chi connectivity index (χ0n) is 9.44. The van der Waals surface area contributed by atoms with Crippen LogP contribution in [0.25, 0.3) is 5.03 Å². The van der Waals surface area contributed by atoms with Gasteiger partial charge in [0.05, 0.1) is 8.61 Å². The van der Waals surface area contributed by atoms with Gasteiger partial charge in [-0.05, 0) is 28.2 Å². The van der Waals surface area contributed by atoms with E-state index in [0.29, 0.717) is 14.2 Å². The molecule has 0 saturated carbocycles. The second kappa shape index (κ2) is 6.16. The highest BCUT2D eigenvalue weighted by atomic mass is 127. The van der Waals surface area contributed by atoms with Gasteiger partial charge in [0.15, 0.2) is 0 Å². The van der Waals surface area contributed by atoms with Crippen molar-refractivity contribution in [2.75, 3.05) is 0 Å². The van der Waals surface area contributed by atoms with Gasteiger partial charge in [-0.3, -0.25) is 4.79 Å². The van der Waals surface area contributed by atoms with Gasteiger partial charge in [0.1, 0.15) is 0 Å². The first-order valence-corrected chi connectivity index (χ1v) is 6.86. The molecule has 0 aliphatic carbocycles. The summed E-state index contributed by atoms with van der Waals surface area (Å²) in [5.41, 5.74) is 1.50. The summed E-state index contributed by atoms with van der Waals surface area (Å²) in [6.45, 7) is 0. The Balaban J connectivity index is 2.37. The molecule has 0 unspecified atom stereocenters. The Morgan fingerprint density at radius 2 is 1.28 bits per heavy atom. The fourth-order valence-electron chi connectivity index (χ4n) is 1.53. The predicted molar refractivity (Wildman–Crippen MR) is 84.0 cm³/mol. The summed E-state index contributed by atoms with van der Waals surface area (Å²) < 4.78 is 0.534. The molecule has 0 aliphatic rings. The third kappa shape index (κ3) is 3.00. The lowest BCUT2D eigenvalue weighted by Gasteiger charge is -2.04. The summed E-state index contributed by atoms with van der Waals surface area (Å²) in [5.74, 6) is -0.0509. The van der Waals surface area contributed by atoms with Crippen molar-refractivity contribution in [2.45, 2.75) is 0 Å². The van der Waals surface area contributed by atoms with Crippen LogP contribution in [0.15, 0.2) is 64.2 Å². The average Bonchev–Trinajstić information content (AvgIpc) is 2.47. The molecule has 0 N–H and O–H groups in total. The normalized spacial score (nSPS) is 11.9. The monoisotopic (exact) mass is 368 g/mol. The second-order valence-corrected chi connectivity index (χ2v) is 5.15. The van der Waals surface area contributed by atoms with Crippen LogP contribution < -0.4 is 0 Å². The standard InChI is InChI=1S/C15H10ClIO/c16-13(11-7-3-1-4-8-11)14(17)15(18)12-9-5-2-6-10-12/h1-10H. The third-order valence-corrected chi connectivity index (χ3v) is 4.21. The van der Waals surface area contributed by atoms with E-state index in [9.17, 15) is 4.79 Å². The highest BCUT2D eigenvalue weighted by Gasteiger charge is 2.14. The Hall–Kier alpha value is -1.13. The van der Waals surface area contributed by atoms with E-state index in [-0.39, 0.29) is 5.78 Å². The molecule has 3 heteroatoms. The van der Waals surface area contributed by atoms with E-state index in [1.165, 1.54) is 0 Å². The van der Waals surface area contributed by atoms with E-state index in [1.807, 2.05) is 71.1 Å². The van der Waals surface area contributed by atoms with Crippen molar-refractivity contribution in [1.82, 2.24) is 0 Å². The van der Waals surface area contributed by atoms with Gasteiger partial charge in [-0.1, -0.05) is 72.3 Å². The van der Waals surface area contributed by atoms with E-state index >= 15 is 0 Å². The number of halogens is 2. The summed E-state index contributed by atoms with van der Waals surface area (Å²) in [4.78, 5) is 12.2. The number of allylic oxidation sites excluding steroid dienone is 1. The Labute approximate surface area is 125 Å². The maximum absolute atomic E-state index is 12.2. The minimum Gasteiger partial charge on any atom is -0.288 e. The van der Waals surface area contributed by atoms with Crippen LogP contribution in [0.1, 0.15) is 15.9 Å². The van der Waals surface area contributed by atoms with Gasteiger partial charge < -0.3 is 0 Å². The molecule has 0 bridgehead atoms. The molecule has 0 atom stereocenters. The summed E-state index contributed by atoms with van der Waals surface area (Å²) in [7, 11) is 0. The maximum atomic E-state index is 12.2. The van der Waals surface area contributed by atoms with Gasteiger partial charge >= 0.3 is 0 Å².